The van der Waals surface area contributed by atoms with Gasteiger partial charge in [-0.2, -0.15) is 0 Å². The van der Waals surface area contributed by atoms with Crippen LogP contribution in [0.3, 0.4) is 0 Å². The van der Waals surface area contributed by atoms with E-state index < -0.39 is 18.4 Å². The molecule has 1 amide bonds. The zero-order chi connectivity index (χ0) is 19.9. The molecule has 1 aromatic heterocycles. The van der Waals surface area contributed by atoms with Crippen LogP contribution in [0.5, 0.6) is 11.5 Å². The van der Waals surface area contributed by atoms with Gasteiger partial charge in [-0.15, -0.1) is 0 Å². The fraction of sp³-hybridized carbons (Fsp3) is 0.0952. The molecule has 0 aliphatic heterocycles. The van der Waals surface area contributed by atoms with E-state index in [-0.39, 0.29) is 18.1 Å². The number of nitrogens with one attached hydrogen (secondary N) is 1. The average molecular weight is 376 g/mol. The van der Waals surface area contributed by atoms with Crippen LogP contribution in [0.15, 0.2) is 54.7 Å². The quantitative estimate of drug-likeness (QED) is 0.589. The lowest BCUT2D eigenvalue weighted by Gasteiger charge is -2.06. The molecule has 3 rings (SSSR count). The lowest BCUT2D eigenvalue weighted by molar-refractivity contribution is -0.135. The van der Waals surface area contributed by atoms with Crippen LogP contribution in [0.4, 0.5) is 0 Å². The van der Waals surface area contributed by atoms with Crippen molar-refractivity contribution >= 4 is 22.6 Å². The molecule has 0 aliphatic rings. The zero-order valence-corrected chi connectivity index (χ0v) is 14.7. The number of carboxylic acids is 1. The molecular weight excluding hydrogens is 360 g/mol. The van der Waals surface area contributed by atoms with Crippen LogP contribution < -0.4 is 10.1 Å². The number of aromatic nitrogens is 1. The van der Waals surface area contributed by atoms with Crippen molar-refractivity contribution in [2.75, 3.05) is 13.2 Å². The van der Waals surface area contributed by atoms with Crippen LogP contribution in [0.1, 0.15) is 16.1 Å². The normalized spacial score (nSPS) is 10.0. The molecule has 140 valence electrons. The number of carboxylic acid groups (broad SMARTS) is 1. The van der Waals surface area contributed by atoms with Gasteiger partial charge in [0, 0.05) is 17.1 Å². The Kier molecular flexibility index (Phi) is 5.72. The summed E-state index contributed by atoms with van der Waals surface area (Å²) in [4.78, 5) is 26.1. The average Bonchev–Trinajstić information content (AvgIpc) is 2.69. The lowest BCUT2D eigenvalue weighted by Crippen LogP contribution is -2.29. The summed E-state index contributed by atoms with van der Waals surface area (Å²) in [5, 5.41) is 22.7. The molecule has 28 heavy (non-hydrogen) atoms. The molecule has 0 fully saturated rings. The maximum atomic E-state index is 11.8. The largest absolute Gasteiger partial charge is 0.505 e. The molecule has 0 radical (unpaired) electrons. The predicted molar refractivity (Wildman–Crippen MR) is 102 cm³/mol. The van der Waals surface area contributed by atoms with Crippen molar-refractivity contribution in [2.24, 2.45) is 0 Å². The summed E-state index contributed by atoms with van der Waals surface area (Å²) in [5.41, 5.74) is 0.132. The molecule has 7 nitrogen and oxygen atoms in total. The highest BCUT2D eigenvalue weighted by Crippen LogP contribution is 2.24. The van der Waals surface area contributed by atoms with Crippen molar-refractivity contribution in [1.29, 1.82) is 0 Å². The van der Waals surface area contributed by atoms with Crippen LogP contribution in [0.25, 0.3) is 10.8 Å². The van der Waals surface area contributed by atoms with Crippen LogP contribution in [-0.4, -0.2) is 40.2 Å². The van der Waals surface area contributed by atoms with Gasteiger partial charge in [0.25, 0.3) is 5.91 Å². The number of pyridine rings is 1. The number of rotatable bonds is 5. The third-order valence-electron chi connectivity index (χ3n) is 3.77. The molecule has 0 aliphatic carbocycles. The SMILES string of the molecule is O=C(O)CNC(=O)c1ncc(C#CCOc2cccc3ccccc23)cc1O. The maximum Gasteiger partial charge on any atom is 0.322 e. The molecule has 3 aromatic rings. The second-order valence-corrected chi connectivity index (χ2v) is 5.74. The fourth-order valence-corrected chi connectivity index (χ4v) is 2.51. The van der Waals surface area contributed by atoms with Gasteiger partial charge in [-0.05, 0) is 17.5 Å². The number of ether oxygens (including phenoxy) is 1. The summed E-state index contributed by atoms with van der Waals surface area (Å²) >= 11 is 0. The molecule has 0 spiro atoms. The van der Waals surface area contributed by atoms with Crippen molar-refractivity contribution in [3.8, 4) is 23.3 Å². The first-order valence-corrected chi connectivity index (χ1v) is 8.33. The van der Waals surface area contributed by atoms with Gasteiger partial charge in [-0.3, -0.25) is 9.59 Å². The summed E-state index contributed by atoms with van der Waals surface area (Å²) in [6.45, 7) is -0.428. The van der Waals surface area contributed by atoms with E-state index in [4.69, 9.17) is 9.84 Å². The minimum atomic E-state index is -1.19. The maximum absolute atomic E-state index is 11.8. The molecule has 2 aromatic carbocycles. The van der Waals surface area contributed by atoms with E-state index >= 15 is 0 Å². The number of aliphatic carboxylic acids is 1. The van der Waals surface area contributed by atoms with Crippen molar-refractivity contribution in [1.82, 2.24) is 10.3 Å². The van der Waals surface area contributed by atoms with Crippen molar-refractivity contribution in [3.63, 3.8) is 0 Å². The van der Waals surface area contributed by atoms with Crippen LogP contribution in [0, 0.1) is 11.8 Å². The second kappa shape index (κ2) is 8.56. The lowest BCUT2D eigenvalue weighted by atomic mass is 10.1. The van der Waals surface area contributed by atoms with Gasteiger partial charge in [0.05, 0.1) is 0 Å². The van der Waals surface area contributed by atoms with Crippen LogP contribution >= 0.6 is 0 Å². The van der Waals surface area contributed by atoms with E-state index in [2.05, 4.69) is 22.1 Å². The smallest absolute Gasteiger partial charge is 0.322 e. The molecular formula is C21H16N2O5. The number of carbonyl (C=O) groups excluding carboxylic acids is 1. The molecule has 7 heteroatoms. The molecule has 0 unspecified atom stereocenters. The Hall–Kier alpha value is -4.05. The third kappa shape index (κ3) is 4.56. The summed E-state index contributed by atoms with van der Waals surface area (Å²) < 4.78 is 5.71. The minimum absolute atomic E-state index is 0.135. The van der Waals surface area contributed by atoms with Crippen molar-refractivity contribution in [3.05, 3.63) is 66.0 Å². The minimum Gasteiger partial charge on any atom is -0.505 e. The summed E-state index contributed by atoms with van der Waals surface area (Å²) in [6.07, 6.45) is 1.32. The van der Waals surface area contributed by atoms with Crippen LogP contribution in [-0.2, 0) is 4.79 Å². The van der Waals surface area contributed by atoms with E-state index in [1.165, 1.54) is 12.3 Å². The highest BCUT2D eigenvalue weighted by atomic mass is 16.5. The molecule has 0 saturated carbocycles. The van der Waals surface area contributed by atoms with Gasteiger partial charge in [-0.25, -0.2) is 4.98 Å². The Bertz CT molecular complexity index is 1090. The predicted octanol–water partition coefficient (Wildman–Crippen LogP) is 2.19. The Morgan fingerprint density at radius 2 is 1.93 bits per heavy atom. The number of hydrogen-bond acceptors (Lipinski definition) is 5. The fourth-order valence-electron chi connectivity index (χ4n) is 2.51. The van der Waals surface area contributed by atoms with Crippen molar-refractivity contribution in [2.45, 2.75) is 0 Å². The Morgan fingerprint density at radius 3 is 2.71 bits per heavy atom. The van der Waals surface area contributed by atoms with E-state index in [1.807, 2.05) is 42.5 Å². The van der Waals surface area contributed by atoms with Gasteiger partial charge in [0.2, 0.25) is 0 Å². The first kappa shape index (κ1) is 18.7. The standard InChI is InChI=1S/C21H16N2O5/c24-17-11-14(12-22-20(17)21(27)23-13-19(25)26)5-4-10-28-18-9-3-7-15-6-1-2-8-16(15)18/h1-3,6-9,11-12,24H,10,13H2,(H,23,27)(H,25,26). The number of amides is 1. The van der Waals surface area contributed by atoms with Gasteiger partial charge in [0.15, 0.2) is 5.69 Å². The summed E-state index contributed by atoms with van der Waals surface area (Å²) in [6, 6.07) is 14.9. The molecule has 0 atom stereocenters. The summed E-state index contributed by atoms with van der Waals surface area (Å²) in [5.74, 6) is 3.99. The molecule has 1 heterocycles. The van der Waals surface area contributed by atoms with Crippen LogP contribution in [0.2, 0.25) is 0 Å². The molecule has 0 saturated heterocycles. The zero-order valence-electron chi connectivity index (χ0n) is 14.7. The number of fused-ring (bicyclic) bond motifs is 1. The molecule has 0 bridgehead atoms. The number of aromatic hydroxyl groups is 1. The summed E-state index contributed by atoms with van der Waals surface area (Å²) in [7, 11) is 0. The highest BCUT2D eigenvalue weighted by Gasteiger charge is 2.13. The first-order chi connectivity index (χ1) is 13.5. The van der Waals surface area contributed by atoms with E-state index in [0.717, 1.165) is 16.5 Å². The number of benzene rings is 2. The molecule has 3 N–H and O–H groups in total. The Balaban J connectivity index is 1.65. The van der Waals surface area contributed by atoms with Gasteiger partial charge >= 0.3 is 5.97 Å². The Morgan fingerprint density at radius 1 is 1.14 bits per heavy atom. The second-order valence-electron chi connectivity index (χ2n) is 5.74. The van der Waals surface area contributed by atoms with E-state index in [1.54, 1.807) is 0 Å². The highest BCUT2D eigenvalue weighted by molar-refractivity contribution is 5.96. The third-order valence-corrected chi connectivity index (χ3v) is 3.77. The number of carbonyl (C=O) groups is 2. The Labute approximate surface area is 160 Å². The van der Waals surface area contributed by atoms with E-state index in [0.29, 0.717) is 5.56 Å². The number of nitrogens with zero attached hydrogens (tertiary/aromatic N) is 1. The van der Waals surface area contributed by atoms with Gasteiger partial charge in [0.1, 0.15) is 24.7 Å². The monoisotopic (exact) mass is 376 g/mol. The van der Waals surface area contributed by atoms with Gasteiger partial charge in [-0.1, -0.05) is 48.2 Å². The van der Waals surface area contributed by atoms with E-state index in [9.17, 15) is 14.7 Å². The number of hydrogen-bond donors (Lipinski definition) is 3. The van der Waals surface area contributed by atoms with Gasteiger partial charge < -0.3 is 20.3 Å². The first-order valence-electron chi connectivity index (χ1n) is 8.33. The van der Waals surface area contributed by atoms with Crippen molar-refractivity contribution < 1.29 is 24.5 Å². The topological polar surface area (TPSA) is 109 Å².